The Balaban J connectivity index is 1.30. The predicted octanol–water partition coefficient (Wildman–Crippen LogP) is 0.233. The third-order valence-electron chi connectivity index (χ3n) is 11.2. The number of hydrogen-bond acceptors (Lipinski definition) is 11. The van der Waals surface area contributed by atoms with Crippen molar-refractivity contribution in [3.8, 4) is 0 Å². The molecule has 39 heavy (non-hydrogen) atoms. The Morgan fingerprint density at radius 2 is 1.87 bits per heavy atom. The smallest absolute Gasteiger partial charge is 0.338 e. The lowest BCUT2D eigenvalue weighted by molar-refractivity contribution is -0.367. The minimum Gasteiger partial charge on any atom is -0.462 e. The molecule has 8 bridgehead atoms. The van der Waals surface area contributed by atoms with Crippen molar-refractivity contribution in [1.29, 1.82) is 0 Å². The van der Waals surface area contributed by atoms with Gasteiger partial charge < -0.3 is 39.0 Å². The third-order valence-corrected chi connectivity index (χ3v) is 11.2. The highest BCUT2D eigenvalue weighted by Crippen LogP contribution is 2.73. The Bertz CT molecular complexity index is 1180. The Hall–Kier alpha value is -2.31. The zero-order valence-corrected chi connectivity index (χ0v) is 21.7. The van der Waals surface area contributed by atoms with Crippen molar-refractivity contribution in [2.24, 2.45) is 16.7 Å². The van der Waals surface area contributed by atoms with Crippen LogP contribution in [0.2, 0.25) is 0 Å². The average molecular weight is 547 g/mol. The molecule has 0 aromatic carbocycles. The molecular weight excluding hydrogens is 512 g/mol. The average Bonchev–Trinajstić information content (AvgIpc) is 3.24. The van der Waals surface area contributed by atoms with Crippen LogP contribution in [0.1, 0.15) is 51.9 Å². The van der Waals surface area contributed by atoms with Gasteiger partial charge in [0.05, 0.1) is 24.9 Å². The van der Waals surface area contributed by atoms with Crippen LogP contribution >= 0.6 is 0 Å². The number of aliphatic hydroxyl groups excluding tert-OH is 2. The van der Waals surface area contributed by atoms with Gasteiger partial charge in [-0.05, 0) is 44.1 Å². The number of esters is 3. The predicted molar refractivity (Wildman–Crippen MR) is 129 cm³/mol. The fourth-order valence-corrected chi connectivity index (χ4v) is 9.12. The van der Waals surface area contributed by atoms with E-state index in [2.05, 4.69) is 0 Å². The van der Waals surface area contributed by atoms with Gasteiger partial charge in [0, 0.05) is 35.3 Å². The van der Waals surface area contributed by atoms with Crippen LogP contribution in [-0.4, -0.2) is 94.3 Å². The molecule has 212 valence electrons. The molecule has 3 saturated carbocycles. The second kappa shape index (κ2) is 8.36. The first-order valence-electron chi connectivity index (χ1n) is 13.9. The van der Waals surface area contributed by atoms with Crippen molar-refractivity contribution in [1.82, 2.24) is 0 Å². The van der Waals surface area contributed by atoms with E-state index in [4.69, 9.17) is 23.7 Å². The molecule has 0 amide bonds. The van der Waals surface area contributed by atoms with E-state index >= 15 is 0 Å². The number of cyclic esters (lactones) is 1. The first kappa shape index (κ1) is 25.6. The Labute approximate surface area is 225 Å². The normalized spacial score (nSPS) is 54.6. The molecule has 3 aliphatic carbocycles. The molecule has 3 N–H and O–H groups in total. The molecule has 11 atom stereocenters. The van der Waals surface area contributed by atoms with Gasteiger partial charge in [-0.2, -0.15) is 0 Å². The monoisotopic (exact) mass is 546 g/mol. The molecule has 5 heterocycles. The van der Waals surface area contributed by atoms with Gasteiger partial charge in [0.15, 0.2) is 12.2 Å². The van der Waals surface area contributed by atoms with Crippen LogP contribution in [0.4, 0.5) is 0 Å². The number of carbonyl (C=O) groups is 3. The Morgan fingerprint density at radius 3 is 2.69 bits per heavy atom. The first-order chi connectivity index (χ1) is 18.6. The van der Waals surface area contributed by atoms with Crippen molar-refractivity contribution in [2.75, 3.05) is 13.2 Å². The summed E-state index contributed by atoms with van der Waals surface area (Å²) in [4.78, 5) is 38.7. The van der Waals surface area contributed by atoms with Crippen LogP contribution in [-0.2, 0) is 38.1 Å². The van der Waals surface area contributed by atoms with E-state index in [-0.39, 0.29) is 32.0 Å². The molecule has 0 aromatic heterocycles. The summed E-state index contributed by atoms with van der Waals surface area (Å²) in [6, 6.07) is 0. The van der Waals surface area contributed by atoms with Crippen LogP contribution in [0.5, 0.6) is 0 Å². The van der Waals surface area contributed by atoms with Gasteiger partial charge in [-0.15, -0.1) is 0 Å². The molecule has 5 aliphatic heterocycles. The number of hydrogen-bond donors (Lipinski definition) is 3. The summed E-state index contributed by atoms with van der Waals surface area (Å²) in [7, 11) is 0. The lowest BCUT2D eigenvalue weighted by Crippen LogP contribution is -2.78. The maximum atomic E-state index is 13.3. The van der Waals surface area contributed by atoms with Crippen LogP contribution in [0.3, 0.4) is 0 Å². The van der Waals surface area contributed by atoms with Crippen molar-refractivity contribution in [3.05, 3.63) is 23.8 Å². The summed E-state index contributed by atoms with van der Waals surface area (Å²) in [5, 5.41) is 33.6. The van der Waals surface area contributed by atoms with Crippen LogP contribution < -0.4 is 0 Å². The SMILES string of the molecule is CC12[C@H]3C[C@H]4O[C@@H]5[C@H](C[C@]41O)[C@@H](O)CC[C@]52COC(=O)/C=C1/CCO[C@@]2(CC/C=C\C(=O)O3)[C@@H]1OC(=O)[C@@H]2O. The lowest BCUT2D eigenvalue weighted by atomic mass is 9.41. The van der Waals surface area contributed by atoms with Crippen LogP contribution in [0.15, 0.2) is 23.8 Å². The van der Waals surface area contributed by atoms with Crippen molar-refractivity contribution in [2.45, 2.75) is 99.7 Å². The van der Waals surface area contributed by atoms with Crippen LogP contribution in [0, 0.1) is 16.7 Å². The van der Waals surface area contributed by atoms with E-state index in [0.29, 0.717) is 37.7 Å². The molecule has 11 heteroatoms. The Kier molecular flexibility index (Phi) is 5.49. The van der Waals surface area contributed by atoms with Gasteiger partial charge in [-0.3, -0.25) is 0 Å². The molecule has 1 spiro atoms. The van der Waals surface area contributed by atoms with E-state index in [1.54, 1.807) is 6.08 Å². The standard InChI is InChI=1S/C28H34O11/c1-25-17-11-18-28(25,34)12-15-16(29)5-8-26(25,23(15)38-18)13-35-20(31)10-14-6-9-36-27(7-3-2-4-19(30)37-17)21(32)24(33)39-22(14)27/h2,4,10,15-18,21-23,29,32,34H,3,5-9,11-13H2,1H3/b4-2-,14-10-/t15-,16+,17-,18-,21+,22-,23-,25?,26+,27-,28+/m1/s1. The summed E-state index contributed by atoms with van der Waals surface area (Å²) < 4.78 is 29.7. The van der Waals surface area contributed by atoms with Crippen LogP contribution in [0.25, 0.3) is 0 Å². The highest BCUT2D eigenvalue weighted by Gasteiger charge is 2.82. The molecule has 8 aliphatic rings. The van der Waals surface area contributed by atoms with Gasteiger partial charge >= 0.3 is 17.9 Å². The second-order valence-corrected chi connectivity index (χ2v) is 12.5. The topological polar surface area (TPSA) is 158 Å². The number of rotatable bonds is 0. The number of allylic oxidation sites excluding steroid dienone is 1. The largest absolute Gasteiger partial charge is 0.462 e. The summed E-state index contributed by atoms with van der Waals surface area (Å²) in [5.41, 5.74) is -4.13. The second-order valence-electron chi connectivity index (χ2n) is 12.5. The van der Waals surface area contributed by atoms with Crippen molar-refractivity contribution < 1.29 is 53.4 Å². The molecule has 11 nitrogen and oxygen atoms in total. The Morgan fingerprint density at radius 1 is 1.05 bits per heavy atom. The number of ether oxygens (including phenoxy) is 5. The quantitative estimate of drug-likeness (QED) is 0.282. The maximum Gasteiger partial charge on any atom is 0.338 e. The van der Waals surface area contributed by atoms with Gasteiger partial charge in [-0.25, -0.2) is 14.4 Å². The molecule has 0 radical (unpaired) electrons. The van der Waals surface area contributed by atoms with E-state index in [9.17, 15) is 29.7 Å². The summed E-state index contributed by atoms with van der Waals surface area (Å²) in [6.45, 7) is 1.97. The van der Waals surface area contributed by atoms with Gasteiger partial charge in [0.25, 0.3) is 0 Å². The molecule has 0 aromatic rings. The minimum atomic E-state index is -1.53. The first-order valence-corrected chi connectivity index (χ1v) is 13.9. The van der Waals surface area contributed by atoms with E-state index in [1.165, 1.54) is 12.2 Å². The lowest BCUT2D eigenvalue weighted by Gasteiger charge is -2.70. The fourth-order valence-electron chi connectivity index (χ4n) is 9.12. The van der Waals surface area contributed by atoms with E-state index in [0.717, 1.165) is 0 Å². The molecule has 7 fully saturated rings. The molecule has 8 rings (SSSR count). The zero-order chi connectivity index (χ0) is 27.4. The van der Waals surface area contributed by atoms with Crippen molar-refractivity contribution in [3.63, 3.8) is 0 Å². The summed E-state index contributed by atoms with van der Waals surface area (Å²) in [5.74, 6) is -2.39. The zero-order valence-electron chi connectivity index (χ0n) is 21.7. The molecule has 1 unspecified atom stereocenters. The maximum absolute atomic E-state index is 13.3. The number of aliphatic hydroxyl groups is 3. The molecular formula is C28H34O11. The summed E-state index contributed by atoms with van der Waals surface area (Å²) >= 11 is 0. The van der Waals surface area contributed by atoms with E-state index in [1.807, 2.05) is 6.92 Å². The molecule has 4 saturated heterocycles. The van der Waals surface area contributed by atoms with Gasteiger partial charge in [0.1, 0.15) is 23.9 Å². The van der Waals surface area contributed by atoms with Crippen molar-refractivity contribution >= 4 is 17.9 Å². The summed E-state index contributed by atoms with van der Waals surface area (Å²) in [6.07, 6.45) is 1.59. The minimum absolute atomic E-state index is 0.104. The van der Waals surface area contributed by atoms with E-state index < -0.39 is 76.6 Å². The third kappa shape index (κ3) is 3.13. The van der Waals surface area contributed by atoms with Gasteiger partial charge in [-0.1, -0.05) is 13.0 Å². The van der Waals surface area contributed by atoms with Gasteiger partial charge in [0.2, 0.25) is 0 Å². The number of carbonyl (C=O) groups excluding carboxylic acids is 3. The highest BCUT2D eigenvalue weighted by atomic mass is 16.6. The highest BCUT2D eigenvalue weighted by molar-refractivity contribution is 5.85. The fraction of sp³-hybridized carbons (Fsp3) is 0.750.